The van der Waals surface area contributed by atoms with Crippen molar-refractivity contribution in [2.75, 3.05) is 12.4 Å². The van der Waals surface area contributed by atoms with Gasteiger partial charge in [-0.25, -0.2) is 0 Å². The van der Waals surface area contributed by atoms with E-state index in [1.165, 1.54) is 0 Å². The van der Waals surface area contributed by atoms with E-state index in [0.29, 0.717) is 23.2 Å². The molecule has 0 aliphatic heterocycles. The average molecular weight is 391 g/mol. The molecule has 0 atom stereocenters. The van der Waals surface area contributed by atoms with E-state index in [4.69, 9.17) is 21.7 Å². The predicted molar refractivity (Wildman–Crippen MR) is 117 cm³/mol. The number of benzene rings is 3. The molecular weight excluding hydrogens is 370 g/mol. The second kappa shape index (κ2) is 10.1. The SMILES string of the molecule is COc1cccc(/C=N\NC(=S)Nc2ccccc2)c1OCc1ccccc1. The maximum absolute atomic E-state index is 6.01. The van der Waals surface area contributed by atoms with E-state index < -0.39 is 0 Å². The fraction of sp³-hybridized carbons (Fsp3) is 0.0909. The monoisotopic (exact) mass is 391 g/mol. The molecule has 0 unspecified atom stereocenters. The lowest BCUT2D eigenvalue weighted by Crippen LogP contribution is -2.23. The molecule has 0 radical (unpaired) electrons. The molecule has 3 aromatic rings. The van der Waals surface area contributed by atoms with Gasteiger partial charge in [0, 0.05) is 11.3 Å². The highest BCUT2D eigenvalue weighted by Gasteiger charge is 2.09. The van der Waals surface area contributed by atoms with Crippen molar-refractivity contribution in [1.82, 2.24) is 5.43 Å². The van der Waals surface area contributed by atoms with Crippen LogP contribution in [0, 0.1) is 0 Å². The summed E-state index contributed by atoms with van der Waals surface area (Å²) in [6, 6.07) is 25.3. The van der Waals surface area contributed by atoms with E-state index in [1.54, 1.807) is 13.3 Å². The van der Waals surface area contributed by atoms with Crippen LogP contribution in [-0.4, -0.2) is 18.4 Å². The average Bonchev–Trinajstić information content (AvgIpc) is 2.74. The van der Waals surface area contributed by atoms with Crippen molar-refractivity contribution in [2.24, 2.45) is 5.10 Å². The van der Waals surface area contributed by atoms with Gasteiger partial charge in [0.05, 0.1) is 13.3 Å². The largest absolute Gasteiger partial charge is 0.493 e. The van der Waals surface area contributed by atoms with Gasteiger partial charge < -0.3 is 14.8 Å². The van der Waals surface area contributed by atoms with Gasteiger partial charge in [-0.2, -0.15) is 5.10 Å². The van der Waals surface area contributed by atoms with Crippen molar-refractivity contribution in [3.05, 3.63) is 90.0 Å². The molecule has 0 spiro atoms. The number of hydrogen-bond donors (Lipinski definition) is 2. The first-order valence-corrected chi connectivity index (χ1v) is 9.16. The number of para-hydroxylation sites is 2. The zero-order chi connectivity index (χ0) is 19.6. The second-order valence-electron chi connectivity index (χ2n) is 5.84. The standard InChI is InChI=1S/C22H21N3O2S/c1-26-20-14-8-11-18(21(20)27-16-17-9-4-2-5-10-17)15-23-25-22(28)24-19-12-6-3-7-13-19/h2-15H,16H2,1H3,(H2,24,25,28)/b23-15-. The molecule has 0 aromatic heterocycles. The molecule has 6 heteroatoms. The van der Waals surface area contributed by atoms with Crippen LogP contribution in [0.2, 0.25) is 0 Å². The minimum absolute atomic E-state index is 0.400. The quantitative estimate of drug-likeness (QED) is 0.350. The molecule has 2 N–H and O–H groups in total. The van der Waals surface area contributed by atoms with Gasteiger partial charge in [0.1, 0.15) is 6.61 Å². The first-order chi connectivity index (χ1) is 13.8. The molecule has 3 aromatic carbocycles. The van der Waals surface area contributed by atoms with E-state index >= 15 is 0 Å². The Morgan fingerprint density at radius 2 is 1.68 bits per heavy atom. The molecule has 5 nitrogen and oxygen atoms in total. The van der Waals surface area contributed by atoms with Gasteiger partial charge in [0.15, 0.2) is 16.6 Å². The third-order valence-electron chi connectivity index (χ3n) is 3.86. The van der Waals surface area contributed by atoms with Crippen LogP contribution in [0.1, 0.15) is 11.1 Å². The summed E-state index contributed by atoms with van der Waals surface area (Å²) in [6.07, 6.45) is 1.65. The van der Waals surface area contributed by atoms with Crippen LogP contribution in [0.25, 0.3) is 0 Å². The molecule has 0 fully saturated rings. The van der Waals surface area contributed by atoms with Crippen molar-refractivity contribution >= 4 is 29.2 Å². The Labute approximate surface area is 170 Å². The molecule has 0 aliphatic carbocycles. The number of methoxy groups -OCH3 is 1. The Morgan fingerprint density at radius 1 is 0.964 bits per heavy atom. The van der Waals surface area contributed by atoms with E-state index in [0.717, 1.165) is 16.8 Å². The lowest BCUT2D eigenvalue weighted by Gasteiger charge is -2.13. The topological polar surface area (TPSA) is 54.9 Å². The van der Waals surface area contributed by atoms with Gasteiger partial charge in [-0.15, -0.1) is 0 Å². The van der Waals surface area contributed by atoms with Crippen molar-refractivity contribution in [3.8, 4) is 11.5 Å². The highest BCUT2D eigenvalue weighted by molar-refractivity contribution is 7.80. The highest BCUT2D eigenvalue weighted by atomic mass is 32.1. The van der Waals surface area contributed by atoms with E-state index in [9.17, 15) is 0 Å². The third kappa shape index (κ3) is 5.56. The highest BCUT2D eigenvalue weighted by Crippen LogP contribution is 2.30. The van der Waals surface area contributed by atoms with Crippen molar-refractivity contribution in [2.45, 2.75) is 6.61 Å². The van der Waals surface area contributed by atoms with Gasteiger partial charge in [-0.3, -0.25) is 5.43 Å². The molecule has 0 amide bonds. The molecular formula is C22H21N3O2S. The molecule has 0 bridgehead atoms. The van der Waals surface area contributed by atoms with Crippen molar-refractivity contribution in [3.63, 3.8) is 0 Å². The van der Waals surface area contributed by atoms with E-state index in [1.807, 2.05) is 78.9 Å². The zero-order valence-electron chi connectivity index (χ0n) is 15.5. The first-order valence-electron chi connectivity index (χ1n) is 8.75. The minimum atomic E-state index is 0.400. The molecule has 0 heterocycles. The van der Waals surface area contributed by atoms with Crippen molar-refractivity contribution in [1.29, 1.82) is 0 Å². The Hall–Kier alpha value is -3.38. The Bertz CT molecular complexity index is 931. The summed E-state index contributed by atoms with van der Waals surface area (Å²) in [5, 5.41) is 7.68. The number of hydrogen-bond acceptors (Lipinski definition) is 4. The molecule has 28 heavy (non-hydrogen) atoms. The summed E-state index contributed by atoms with van der Waals surface area (Å²) in [4.78, 5) is 0. The second-order valence-corrected chi connectivity index (χ2v) is 6.25. The van der Waals surface area contributed by atoms with Gasteiger partial charge in [0.25, 0.3) is 0 Å². The maximum atomic E-state index is 6.01. The van der Waals surface area contributed by atoms with Gasteiger partial charge >= 0.3 is 0 Å². The third-order valence-corrected chi connectivity index (χ3v) is 4.05. The van der Waals surface area contributed by atoms with Crippen molar-refractivity contribution < 1.29 is 9.47 Å². The Morgan fingerprint density at radius 3 is 2.39 bits per heavy atom. The first kappa shape index (κ1) is 19.4. The molecule has 0 aliphatic rings. The fourth-order valence-corrected chi connectivity index (χ4v) is 2.69. The minimum Gasteiger partial charge on any atom is -0.493 e. The van der Waals surface area contributed by atoms with Gasteiger partial charge in [-0.05, 0) is 42.0 Å². The molecule has 0 saturated carbocycles. The Balaban J connectivity index is 1.67. The normalized spacial score (nSPS) is 10.5. The van der Waals surface area contributed by atoms with Gasteiger partial charge in [-0.1, -0.05) is 54.6 Å². The zero-order valence-corrected chi connectivity index (χ0v) is 16.3. The Kier molecular flexibility index (Phi) is 6.98. The summed E-state index contributed by atoms with van der Waals surface area (Å²) in [6.45, 7) is 0.434. The van der Waals surface area contributed by atoms with Crippen LogP contribution < -0.4 is 20.2 Å². The van der Waals surface area contributed by atoms with Crippen LogP contribution in [0.4, 0.5) is 5.69 Å². The van der Waals surface area contributed by atoms with E-state index in [-0.39, 0.29) is 0 Å². The van der Waals surface area contributed by atoms with Gasteiger partial charge in [0.2, 0.25) is 0 Å². The number of nitrogens with zero attached hydrogens (tertiary/aromatic N) is 1. The molecule has 142 valence electrons. The lowest BCUT2D eigenvalue weighted by molar-refractivity contribution is 0.284. The van der Waals surface area contributed by atoms with Crippen LogP contribution >= 0.6 is 12.2 Å². The number of hydrazone groups is 1. The predicted octanol–water partition coefficient (Wildman–Crippen LogP) is 4.59. The summed E-state index contributed by atoms with van der Waals surface area (Å²) >= 11 is 5.26. The molecule has 3 rings (SSSR count). The van der Waals surface area contributed by atoms with E-state index in [2.05, 4.69) is 15.8 Å². The van der Waals surface area contributed by atoms with Crippen LogP contribution in [0.5, 0.6) is 11.5 Å². The summed E-state index contributed by atoms with van der Waals surface area (Å²) in [5.41, 5.74) is 5.56. The summed E-state index contributed by atoms with van der Waals surface area (Å²) < 4.78 is 11.4. The van der Waals surface area contributed by atoms with Crippen LogP contribution in [0.3, 0.4) is 0 Å². The summed E-state index contributed by atoms with van der Waals surface area (Å²) in [7, 11) is 1.61. The van der Waals surface area contributed by atoms with Crippen LogP contribution in [0.15, 0.2) is 84.0 Å². The lowest BCUT2D eigenvalue weighted by atomic mass is 10.2. The number of ether oxygens (including phenoxy) is 2. The number of rotatable bonds is 7. The summed E-state index contributed by atoms with van der Waals surface area (Å²) in [5.74, 6) is 1.27. The number of anilines is 1. The maximum Gasteiger partial charge on any atom is 0.191 e. The molecule has 0 saturated heterocycles. The fourth-order valence-electron chi connectivity index (χ4n) is 2.52. The number of nitrogens with one attached hydrogen (secondary N) is 2. The number of thiocarbonyl (C=S) groups is 1. The smallest absolute Gasteiger partial charge is 0.191 e. The van der Waals surface area contributed by atoms with Crippen LogP contribution in [-0.2, 0) is 6.61 Å².